The predicted octanol–water partition coefficient (Wildman–Crippen LogP) is 2.40. The molecule has 0 aliphatic carbocycles. The van der Waals surface area contributed by atoms with E-state index < -0.39 is 6.04 Å². The lowest BCUT2D eigenvalue weighted by atomic mass is 10.0. The molecule has 1 aliphatic rings. The molecule has 1 atom stereocenters. The smallest absolute Gasteiger partial charge is 0.272 e. The zero-order valence-corrected chi connectivity index (χ0v) is 17.6. The number of rotatable bonds is 6. The number of aromatic nitrogens is 2. The average Bonchev–Trinajstić information content (AvgIpc) is 3.09. The van der Waals surface area contributed by atoms with Gasteiger partial charge < -0.3 is 15.0 Å². The standard InChI is InChI=1S/C22H30N4O3/c1-15(2)13-19(22(28)26-9-11-29-12-10-26)23-21(27)18-14-20(25(4)24-18)17-7-5-16(3)6-8-17/h5-8,14-15,19H,9-13H2,1-4H3,(H,23,27)/t19-/m0/s1. The van der Waals surface area contributed by atoms with Crippen molar-refractivity contribution in [2.75, 3.05) is 26.3 Å². The van der Waals surface area contributed by atoms with E-state index in [1.165, 1.54) is 5.56 Å². The first-order valence-electron chi connectivity index (χ1n) is 10.1. The molecule has 0 unspecified atom stereocenters. The fourth-order valence-corrected chi connectivity index (χ4v) is 3.50. The van der Waals surface area contributed by atoms with Crippen LogP contribution in [0, 0.1) is 12.8 Å². The highest BCUT2D eigenvalue weighted by atomic mass is 16.5. The van der Waals surface area contributed by atoms with E-state index in [2.05, 4.69) is 10.4 Å². The number of nitrogens with zero attached hydrogens (tertiary/aromatic N) is 3. The van der Waals surface area contributed by atoms with Crippen molar-refractivity contribution in [2.45, 2.75) is 33.2 Å². The van der Waals surface area contributed by atoms with Gasteiger partial charge in [-0.25, -0.2) is 0 Å². The highest BCUT2D eigenvalue weighted by molar-refractivity contribution is 5.97. The van der Waals surface area contributed by atoms with Gasteiger partial charge in [0.2, 0.25) is 5.91 Å². The number of morpholine rings is 1. The molecule has 7 heteroatoms. The van der Waals surface area contributed by atoms with Crippen LogP contribution < -0.4 is 5.32 Å². The number of aryl methyl sites for hydroxylation is 2. The molecule has 156 valence electrons. The second-order valence-electron chi connectivity index (χ2n) is 8.00. The summed E-state index contributed by atoms with van der Waals surface area (Å²) in [5.74, 6) is -0.103. The van der Waals surface area contributed by atoms with Crippen LogP contribution in [0.25, 0.3) is 11.3 Å². The molecular weight excluding hydrogens is 368 g/mol. The van der Waals surface area contributed by atoms with E-state index in [1.54, 1.807) is 15.6 Å². The van der Waals surface area contributed by atoms with E-state index in [4.69, 9.17) is 4.74 Å². The van der Waals surface area contributed by atoms with Gasteiger partial charge in [-0.3, -0.25) is 14.3 Å². The van der Waals surface area contributed by atoms with Crippen molar-refractivity contribution in [3.63, 3.8) is 0 Å². The summed E-state index contributed by atoms with van der Waals surface area (Å²) in [5.41, 5.74) is 3.33. The van der Waals surface area contributed by atoms with Crippen molar-refractivity contribution < 1.29 is 14.3 Å². The van der Waals surface area contributed by atoms with Gasteiger partial charge in [0.1, 0.15) is 6.04 Å². The summed E-state index contributed by atoms with van der Waals surface area (Å²) in [4.78, 5) is 27.6. The van der Waals surface area contributed by atoms with E-state index in [0.717, 1.165) is 11.3 Å². The number of nitrogens with one attached hydrogen (secondary N) is 1. The third-order valence-electron chi connectivity index (χ3n) is 5.09. The Labute approximate surface area is 172 Å². The van der Waals surface area contributed by atoms with Gasteiger partial charge in [-0.05, 0) is 30.9 Å². The maximum Gasteiger partial charge on any atom is 0.272 e. The molecule has 1 aliphatic heterocycles. The molecule has 1 fully saturated rings. The summed E-state index contributed by atoms with van der Waals surface area (Å²) in [6.45, 7) is 8.31. The first kappa shape index (κ1) is 21.0. The Balaban J connectivity index is 1.76. The molecule has 2 heterocycles. The van der Waals surface area contributed by atoms with Crippen LogP contribution in [0.1, 0.15) is 36.3 Å². The van der Waals surface area contributed by atoms with Gasteiger partial charge in [-0.2, -0.15) is 5.10 Å². The van der Waals surface area contributed by atoms with Gasteiger partial charge in [0.05, 0.1) is 18.9 Å². The zero-order chi connectivity index (χ0) is 21.0. The predicted molar refractivity (Wildman–Crippen MR) is 111 cm³/mol. The Morgan fingerprint density at radius 2 is 1.83 bits per heavy atom. The van der Waals surface area contributed by atoms with Crippen LogP contribution in [0.4, 0.5) is 0 Å². The van der Waals surface area contributed by atoms with Gasteiger partial charge in [-0.15, -0.1) is 0 Å². The number of ether oxygens (including phenoxy) is 1. The van der Waals surface area contributed by atoms with Crippen LogP contribution in [-0.2, 0) is 16.6 Å². The van der Waals surface area contributed by atoms with Crippen LogP contribution in [0.3, 0.4) is 0 Å². The van der Waals surface area contributed by atoms with Crippen LogP contribution in [-0.4, -0.2) is 58.8 Å². The van der Waals surface area contributed by atoms with E-state index in [9.17, 15) is 9.59 Å². The third kappa shape index (κ3) is 5.23. The topological polar surface area (TPSA) is 76.5 Å². The minimum Gasteiger partial charge on any atom is -0.378 e. The molecule has 2 amide bonds. The Morgan fingerprint density at radius 1 is 1.17 bits per heavy atom. The number of carbonyl (C=O) groups excluding carboxylic acids is 2. The molecule has 7 nitrogen and oxygen atoms in total. The van der Waals surface area contributed by atoms with E-state index in [-0.39, 0.29) is 17.7 Å². The fraction of sp³-hybridized carbons (Fsp3) is 0.500. The molecule has 0 spiro atoms. The van der Waals surface area contributed by atoms with Crippen LogP contribution in [0.2, 0.25) is 0 Å². The molecule has 0 saturated carbocycles. The minimum atomic E-state index is -0.564. The summed E-state index contributed by atoms with van der Waals surface area (Å²) >= 11 is 0. The van der Waals surface area contributed by atoms with Crippen LogP contribution in [0.15, 0.2) is 30.3 Å². The van der Waals surface area contributed by atoms with Gasteiger partial charge >= 0.3 is 0 Å². The highest BCUT2D eigenvalue weighted by Crippen LogP contribution is 2.20. The fourth-order valence-electron chi connectivity index (χ4n) is 3.50. The minimum absolute atomic E-state index is 0.0509. The lowest BCUT2D eigenvalue weighted by Gasteiger charge is -2.31. The summed E-state index contributed by atoms with van der Waals surface area (Å²) < 4.78 is 7.03. The van der Waals surface area contributed by atoms with Crippen molar-refractivity contribution >= 4 is 11.8 Å². The number of carbonyl (C=O) groups is 2. The third-order valence-corrected chi connectivity index (χ3v) is 5.09. The summed E-state index contributed by atoms with van der Waals surface area (Å²) in [5, 5.41) is 7.29. The Morgan fingerprint density at radius 3 is 2.45 bits per heavy atom. The largest absolute Gasteiger partial charge is 0.378 e. The van der Waals surface area contributed by atoms with Gasteiger partial charge in [-0.1, -0.05) is 43.7 Å². The summed E-state index contributed by atoms with van der Waals surface area (Å²) in [6.07, 6.45) is 0.583. The van der Waals surface area contributed by atoms with E-state index in [0.29, 0.717) is 38.4 Å². The maximum atomic E-state index is 13.0. The highest BCUT2D eigenvalue weighted by Gasteiger charge is 2.29. The van der Waals surface area contributed by atoms with E-state index >= 15 is 0 Å². The average molecular weight is 399 g/mol. The molecule has 3 rings (SSSR count). The number of hydrogen-bond donors (Lipinski definition) is 1. The van der Waals surface area contributed by atoms with Crippen molar-refractivity contribution in [1.82, 2.24) is 20.0 Å². The van der Waals surface area contributed by atoms with Crippen molar-refractivity contribution in [3.05, 3.63) is 41.6 Å². The Kier molecular flexibility index (Phi) is 6.69. The normalized spacial score (nSPS) is 15.4. The molecular formula is C22H30N4O3. The molecule has 29 heavy (non-hydrogen) atoms. The number of amides is 2. The van der Waals surface area contributed by atoms with Gasteiger partial charge in [0.25, 0.3) is 5.91 Å². The monoisotopic (exact) mass is 398 g/mol. The van der Waals surface area contributed by atoms with E-state index in [1.807, 2.05) is 52.1 Å². The first-order valence-corrected chi connectivity index (χ1v) is 10.1. The quantitative estimate of drug-likeness (QED) is 0.811. The summed E-state index contributed by atoms with van der Waals surface area (Å²) in [6, 6.07) is 9.29. The van der Waals surface area contributed by atoms with Crippen molar-refractivity contribution in [2.24, 2.45) is 13.0 Å². The molecule has 1 aromatic heterocycles. The molecule has 1 aromatic carbocycles. The second-order valence-corrected chi connectivity index (χ2v) is 8.00. The van der Waals surface area contributed by atoms with Gasteiger partial charge in [0.15, 0.2) is 5.69 Å². The van der Waals surface area contributed by atoms with Crippen LogP contribution >= 0.6 is 0 Å². The van der Waals surface area contributed by atoms with Gasteiger partial charge in [0, 0.05) is 20.1 Å². The number of benzene rings is 1. The Bertz CT molecular complexity index is 851. The molecule has 1 saturated heterocycles. The van der Waals surface area contributed by atoms with Crippen LogP contribution in [0.5, 0.6) is 0 Å². The number of hydrogen-bond acceptors (Lipinski definition) is 4. The molecule has 2 aromatic rings. The lowest BCUT2D eigenvalue weighted by Crippen LogP contribution is -2.52. The summed E-state index contributed by atoms with van der Waals surface area (Å²) in [7, 11) is 1.82. The molecule has 0 radical (unpaired) electrons. The zero-order valence-electron chi connectivity index (χ0n) is 17.6. The van der Waals surface area contributed by atoms with Crippen molar-refractivity contribution in [1.29, 1.82) is 0 Å². The Hall–Kier alpha value is -2.67. The lowest BCUT2D eigenvalue weighted by molar-refractivity contribution is -0.137. The molecule has 1 N–H and O–H groups in total. The molecule has 0 bridgehead atoms. The second kappa shape index (κ2) is 9.22. The SMILES string of the molecule is Cc1ccc(-c2cc(C(=O)N[C@@H](CC(C)C)C(=O)N3CCOCC3)nn2C)cc1. The van der Waals surface area contributed by atoms with Crippen molar-refractivity contribution in [3.8, 4) is 11.3 Å². The first-order chi connectivity index (χ1) is 13.8. The maximum absolute atomic E-state index is 13.0.